The maximum absolute atomic E-state index is 12.8. The zero-order valence-corrected chi connectivity index (χ0v) is 43.2. The number of esters is 3. The minimum Gasteiger partial charge on any atom is -0.462 e. The highest BCUT2D eigenvalue weighted by atomic mass is 16.6. The van der Waals surface area contributed by atoms with Gasteiger partial charge in [0.15, 0.2) is 6.10 Å². The van der Waals surface area contributed by atoms with E-state index in [1.54, 1.807) is 0 Å². The molecule has 0 bridgehead atoms. The minimum absolute atomic E-state index is 0.103. The molecule has 0 aliphatic heterocycles. The van der Waals surface area contributed by atoms with Gasteiger partial charge in [-0.2, -0.15) is 0 Å². The Kier molecular flexibility index (Phi) is 51.4. The zero-order valence-electron chi connectivity index (χ0n) is 43.2. The number of hydrogen-bond acceptors (Lipinski definition) is 6. The van der Waals surface area contributed by atoms with Crippen molar-refractivity contribution < 1.29 is 28.6 Å². The van der Waals surface area contributed by atoms with E-state index in [1.165, 1.54) is 122 Å². The molecule has 66 heavy (non-hydrogen) atoms. The van der Waals surface area contributed by atoms with Crippen molar-refractivity contribution in [1.82, 2.24) is 0 Å². The number of hydrogen-bond donors (Lipinski definition) is 0. The minimum atomic E-state index is -0.808. The summed E-state index contributed by atoms with van der Waals surface area (Å²) < 4.78 is 16.8. The first kappa shape index (κ1) is 62.6. The molecule has 0 radical (unpaired) electrons. The summed E-state index contributed by atoms with van der Waals surface area (Å²) in [6.07, 6.45) is 70.1. The Balaban J connectivity index is 4.47. The number of unbranched alkanes of at least 4 members (excludes halogenated alkanes) is 24. The quantitative estimate of drug-likeness (QED) is 0.0262. The molecule has 0 spiro atoms. The van der Waals surface area contributed by atoms with Crippen LogP contribution in [0.1, 0.15) is 258 Å². The first-order valence-corrected chi connectivity index (χ1v) is 27.6. The molecule has 0 aliphatic rings. The van der Waals surface area contributed by atoms with Gasteiger partial charge in [0.25, 0.3) is 0 Å². The summed E-state index contributed by atoms with van der Waals surface area (Å²) in [5, 5.41) is 0. The number of allylic oxidation sites excluding steroid dienone is 14. The van der Waals surface area contributed by atoms with Crippen molar-refractivity contribution in [3.05, 3.63) is 85.1 Å². The van der Waals surface area contributed by atoms with Gasteiger partial charge in [0.1, 0.15) is 13.2 Å². The van der Waals surface area contributed by atoms with E-state index < -0.39 is 6.10 Å². The summed E-state index contributed by atoms with van der Waals surface area (Å²) in [4.78, 5) is 38.0. The van der Waals surface area contributed by atoms with Crippen molar-refractivity contribution in [2.24, 2.45) is 0 Å². The van der Waals surface area contributed by atoms with Crippen molar-refractivity contribution in [3.8, 4) is 0 Å². The van der Waals surface area contributed by atoms with Crippen LogP contribution in [-0.4, -0.2) is 37.2 Å². The first-order valence-electron chi connectivity index (χ1n) is 27.6. The molecule has 1 atom stereocenters. The molecule has 0 aromatic heterocycles. The number of carbonyl (C=O) groups excluding carboxylic acids is 3. The lowest BCUT2D eigenvalue weighted by molar-refractivity contribution is -0.166. The van der Waals surface area contributed by atoms with E-state index in [2.05, 4.69) is 99.8 Å². The SMILES string of the molecule is CC/C=C\C/C=C\C/C=C\C/C=C\C/C=C\C/C=C\CCC(=O)OCC(COC(=O)CCCCCCC/C=C\CCCCC)OC(=O)CCCCCCCCCCCCCCCCCCC. The average molecular weight is 919 g/mol. The van der Waals surface area contributed by atoms with Crippen molar-refractivity contribution >= 4 is 17.9 Å². The van der Waals surface area contributed by atoms with E-state index in [-0.39, 0.29) is 37.5 Å². The lowest BCUT2D eigenvalue weighted by Gasteiger charge is -2.18. The van der Waals surface area contributed by atoms with Gasteiger partial charge in [0.2, 0.25) is 0 Å². The van der Waals surface area contributed by atoms with Crippen LogP contribution in [0.25, 0.3) is 0 Å². The van der Waals surface area contributed by atoms with E-state index in [0.717, 1.165) is 89.9 Å². The Bertz CT molecular complexity index is 1290. The highest BCUT2D eigenvalue weighted by molar-refractivity contribution is 5.71. The third-order valence-corrected chi connectivity index (χ3v) is 11.6. The summed E-state index contributed by atoms with van der Waals surface area (Å²) in [6, 6.07) is 0. The molecular formula is C60H102O6. The van der Waals surface area contributed by atoms with Crippen LogP contribution in [-0.2, 0) is 28.6 Å². The first-order chi connectivity index (χ1) is 32.5. The van der Waals surface area contributed by atoms with Crippen LogP contribution in [0.5, 0.6) is 0 Å². The molecule has 378 valence electrons. The largest absolute Gasteiger partial charge is 0.462 e. The molecule has 0 aromatic carbocycles. The fourth-order valence-electron chi connectivity index (χ4n) is 7.52. The standard InChI is InChI=1S/C60H102O6/c1-4-7-10-13-16-19-22-25-27-29-30-32-33-35-38-41-44-47-50-53-59(62)65-56-57(55-64-58(61)52-49-46-43-40-37-24-21-18-15-12-9-6-3)66-60(63)54-51-48-45-42-39-36-34-31-28-26-23-20-17-14-11-8-5-2/h7,10,16,18-19,21,25,27,30,32,35,38,44,47,57H,4-6,8-9,11-15,17,20,22-24,26,28-29,31,33-34,36-37,39-43,45-46,48-56H2,1-3H3/b10-7-,19-16-,21-18-,27-25-,32-30-,38-35-,47-44-. The average Bonchev–Trinajstić information content (AvgIpc) is 3.31. The normalized spacial score (nSPS) is 12.7. The van der Waals surface area contributed by atoms with E-state index in [0.29, 0.717) is 19.3 Å². The molecule has 0 fully saturated rings. The maximum atomic E-state index is 12.8. The molecule has 0 saturated carbocycles. The van der Waals surface area contributed by atoms with Crippen LogP contribution in [0.15, 0.2) is 85.1 Å². The van der Waals surface area contributed by atoms with Gasteiger partial charge in [-0.3, -0.25) is 14.4 Å². The fourth-order valence-corrected chi connectivity index (χ4v) is 7.52. The summed E-state index contributed by atoms with van der Waals surface area (Å²) in [5.41, 5.74) is 0. The third-order valence-electron chi connectivity index (χ3n) is 11.6. The molecule has 6 nitrogen and oxygen atoms in total. The molecule has 0 saturated heterocycles. The fraction of sp³-hybridized carbons (Fsp3) is 0.717. The van der Waals surface area contributed by atoms with Gasteiger partial charge in [-0.25, -0.2) is 0 Å². The number of ether oxygens (including phenoxy) is 3. The Morgan fingerprint density at radius 3 is 1.05 bits per heavy atom. The number of rotatable bonds is 49. The Labute approximate surface area is 407 Å². The van der Waals surface area contributed by atoms with E-state index >= 15 is 0 Å². The van der Waals surface area contributed by atoms with Gasteiger partial charge in [-0.05, 0) is 83.5 Å². The second kappa shape index (κ2) is 54.2. The second-order valence-corrected chi connectivity index (χ2v) is 18.1. The van der Waals surface area contributed by atoms with Crippen molar-refractivity contribution in [2.45, 2.75) is 264 Å². The van der Waals surface area contributed by atoms with Gasteiger partial charge >= 0.3 is 17.9 Å². The topological polar surface area (TPSA) is 78.9 Å². The molecular weight excluding hydrogens is 817 g/mol. The van der Waals surface area contributed by atoms with Gasteiger partial charge < -0.3 is 14.2 Å². The number of carbonyl (C=O) groups is 3. The third kappa shape index (κ3) is 51.6. The second-order valence-electron chi connectivity index (χ2n) is 18.1. The maximum Gasteiger partial charge on any atom is 0.306 e. The smallest absolute Gasteiger partial charge is 0.306 e. The van der Waals surface area contributed by atoms with Crippen LogP contribution in [0.4, 0.5) is 0 Å². The molecule has 0 aliphatic carbocycles. The molecule has 0 N–H and O–H groups in total. The van der Waals surface area contributed by atoms with Crippen LogP contribution < -0.4 is 0 Å². The molecule has 0 aromatic rings. The lowest BCUT2D eigenvalue weighted by Crippen LogP contribution is -2.30. The summed E-state index contributed by atoms with van der Waals surface area (Å²) in [5.74, 6) is -0.993. The lowest BCUT2D eigenvalue weighted by atomic mass is 10.0. The molecule has 0 amide bonds. The summed E-state index contributed by atoms with van der Waals surface area (Å²) in [7, 11) is 0. The van der Waals surface area contributed by atoms with Gasteiger partial charge in [-0.15, -0.1) is 0 Å². The van der Waals surface area contributed by atoms with Crippen LogP contribution in [0, 0.1) is 0 Å². The summed E-state index contributed by atoms with van der Waals surface area (Å²) in [6.45, 7) is 6.44. The van der Waals surface area contributed by atoms with Crippen LogP contribution >= 0.6 is 0 Å². The zero-order chi connectivity index (χ0) is 47.9. The van der Waals surface area contributed by atoms with E-state index in [4.69, 9.17) is 14.2 Å². The van der Waals surface area contributed by atoms with Crippen LogP contribution in [0.2, 0.25) is 0 Å². The van der Waals surface area contributed by atoms with Gasteiger partial charge in [-0.1, -0.05) is 241 Å². The van der Waals surface area contributed by atoms with Gasteiger partial charge in [0, 0.05) is 19.3 Å². The van der Waals surface area contributed by atoms with Crippen molar-refractivity contribution in [1.29, 1.82) is 0 Å². The summed E-state index contributed by atoms with van der Waals surface area (Å²) >= 11 is 0. The van der Waals surface area contributed by atoms with E-state index in [9.17, 15) is 14.4 Å². The molecule has 0 heterocycles. The monoisotopic (exact) mass is 919 g/mol. The molecule has 6 heteroatoms. The predicted molar refractivity (Wildman–Crippen MR) is 284 cm³/mol. The Morgan fingerprint density at radius 2 is 0.621 bits per heavy atom. The van der Waals surface area contributed by atoms with Crippen molar-refractivity contribution in [2.75, 3.05) is 13.2 Å². The predicted octanol–water partition coefficient (Wildman–Crippen LogP) is 18.4. The van der Waals surface area contributed by atoms with Crippen molar-refractivity contribution in [3.63, 3.8) is 0 Å². The molecule has 1 unspecified atom stereocenters. The van der Waals surface area contributed by atoms with Gasteiger partial charge in [0.05, 0.1) is 0 Å². The highest BCUT2D eigenvalue weighted by Gasteiger charge is 2.19. The van der Waals surface area contributed by atoms with E-state index in [1.807, 2.05) is 6.08 Å². The Hall–Kier alpha value is -3.41. The molecule has 0 rings (SSSR count). The highest BCUT2D eigenvalue weighted by Crippen LogP contribution is 2.15. The Morgan fingerprint density at radius 1 is 0.318 bits per heavy atom. The van der Waals surface area contributed by atoms with Crippen LogP contribution in [0.3, 0.4) is 0 Å².